The average molecular weight is 366 g/mol. The molecule has 2 N–H and O–H groups in total. The number of thiocarbonyl (C=S) groups is 1. The quantitative estimate of drug-likeness (QED) is 0.601. The fourth-order valence-electron chi connectivity index (χ4n) is 3.17. The molecule has 0 bridgehead atoms. The van der Waals surface area contributed by atoms with E-state index in [9.17, 15) is 9.18 Å². The first-order chi connectivity index (χ1) is 11.9. The van der Waals surface area contributed by atoms with Gasteiger partial charge in [-0.15, -0.1) is 0 Å². The van der Waals surface area contributed by atoms with Crippen LogP contribution in [0.1, 0.15) is 45.1 Å². The molecular weight excluding hydrogens is 337 g/mol. The SMILES string of the molecule is CCCCNC(=O)[C@@H]1CN(C(=S)NC(C)C)C[C@@H]1c1cccc(F)c1. The van der Waals surface area contributed by atoms with Gasteiger partial charge in [-0.25, -0.2) is 4.39 Å². The Hall–Kier alpha value is -1.69. The number of rotatable bonds is 6. The molecule has 1 amide bonds. The zero-order valence-corrected chi connectivity index (χ0v) is 16.0. The first-order valence-electron chi connectivity index (χ1n) is 9.01. The Morgan fingerprint density at radius 2 is 2.16 bits per heavy atom. The van der Waals surface area contributed by atoms with Gasteiger partial charge in [-0.2, -0.15) is 0 Å². The lowest BCUT2D eigenvalue weighted by atomic mass is 9.88. The third-order valence-corrected chi connectivity index (χ3v) is 4.84. The van der Waals surface area contributed by atoms with Crippen molar-refractivity contribution in [3.63, 3.8) is 0 Å². The summed E-state index contributed by atoms with van der Waals surface area (Å²) < 4.78 is 13.7. The molecule has 1 aliphatic rings. The third-order valence-electron chi connectivity index (χ3n) is 4.46. The van der Waals surface area contributed by atoms with Crippen molar-refractivity contribution in [1.29, 1.82) is 0 Å². The van der Waals surface area contributed by atoms with Crippen LogP contribution in [0.3, 0.4) is 0 Å². The maximum atomic E-state index is 13.7. The average Bonchev–Trinajstić information content (AvgIpc) is 3.00. The molecular formula is C19H28FN3OS. The van der Waals surface area contributed by atoms with Crippen molar-refractivity contribution in [3.05, 3.63) is 35.6 Å². The number of halogens is 1. The summed E-state index contributed by atoms with van der Waals surface area (Å²) in [6.07, 6.45) is 1.99. The summed E-state index contributed by atoms with van der Waals surface area (Å²) in [5.41, 5.74) is 0.852. The van der Waals surface area contributed by atoms with E-state index in [1.165, 1.54) is 12.1 Å². The monoisotopic (exact) mass is 365 g/mol. The first-order valence-corrected chi connectivity index (χ1v) is 9.41. The standard InChI is InChI=1S/C19H28FN3OS/c1-4-5-9-21-18(24)17-12-23(19(25)22-13(2)3)11-16(17)14-7-6-8-15(20)10-14/h6-8,10,13,16-17H,4-5,9,11-12H2,1-3H3,(H,21,24)(H,22,25)/t16-,17-/m1/s1. The van der Waals surface area contributed by atoms with E-state index in [-0.39, 0.29) is 29.6 Å². The number of likely N-dealkylation sites (tertiary alicyclic amines) is 1. The van der Waals surface area contributed by atoms with Crippen LogP contribution in [0.5, 0.6) is 0 Å². The molecule has 4 nitrogen and oxygen atoms in total. The summed E-state index contributed by atoms with van der Waals surface area (Å²) >= 11 is 5.47. The van der Waals surface area contributed by atoms with Crippen LogP contribution in [0.4, 0.5) is 4.39 Å². The van der Waals surface area contributed by atoms with E-state index in [0.717, 1.165) is 18.4 Å². The van der Waals surface area contributed by atoms with Gasteiger partial charge < -0.3 is 15.5 Å². The molecule has 138 valence electrons. The topological polar surface area (TPSA) is 44.4 Å². The second-order valence-corrected chi connectivity index (χ2v) is 7.31. The maximum Gasteiger partial charge on any atom is 0.225 e. The van der Waals surface area contributed by atoms with E-state index in [4.69, 9.17) is 12.2 Å². The molecule has 0 aliphatic carbocycles. The van der Waals surface area contributed by atoms with Crippen LogP contribution in [-0.2, 0) is 4.79 Å². The van der Waals surface area contributed by atoms with Crippen LogP contribution in [0.15, 0.2) is 24.3 Å². The van der Waals surface area contributed by atoms with Crippen LogP contribution >= 0.6 is 12.2 Å². The second kappa shape index (κ2) is 9.13. The van der Waals surface area contributed by atoms with Crippen molar-refractivity contribution in [2.24, 2.45) is 5.92 Å². The van der Waals surface area contributed by atoms with Crippen LogP contribution in [-0.4, -0.2) is 41.6 Å². The predicted octanol–water partition coefficient (Wildman–Crippen LogP) is 3.04. The van der Waals surface area contributed by atoms with Gasteiger partial charge in [0.2, 0.25) is 5.91 Å². The molecule has 2 rings (SSSR count). The molecule has 1 fully saturated rings. The molecule has 0 saturated carbocycles. The molecule has 0 aromatic heterocycles. The van der Waals surface area contributed by atoms with Crippen molar-refractivity contribution in [1.82, 2.24) is 15.5 Å². The molecule has 1 saturated heterocycles. The van der Waals surface area contributed by atoms with Gasteiger partial charge in [0.15, 0.2) is 5.11 Å². The summed E-state index contributed by atoms with van der Waals surface area (Å²) in [6.45, 7) is 8.00. The van der Waals surface area contributed by atoms with Gasteiger partial charge in [0, 0.05) is 31.6 Å². The highest BCUT2D eigenvalue weighted by Gasteiger charge is 2.39. The maximum absolute atomic E-state index is 13.7. The zero-order chi connectivity index (χ0) is 18.4. The number of nitrogens with one attached hydrogen (secondary N) is 2. The van der Waals surface area contributed by atoms with Gasteiger partial charge in [0.25, 0.3) is 0 Å². The Labute approximate surface area is 155 Å². The smallest absolute Gasteiger partial charge is 0.225 e. The van der Waals surface area contributed by atoms with Gasteiger partial charge in [0.05, 0.1) is 5.92 Å². The molecule has 1 aliphatic heterocycles. The van der Waals surface area contributed by atoms with Crippen LogP contribution in [0.2, 0.25) is 0 Å². The van der Waals surface area contributed by atoms with Crippen LogP contribution < -0.4 is 10.6 Å². The molecule has 0 unspecified atom stereocenters. The van der Waals surface area contributed by atoms with E-state index in [0.29, 0.717) is 24.7 Å². The number of unbranched alkanes of at least 4 members (excludes halogenated alkanes) is 1. The van der Waals surface area contributed by atoms with E-state index in [2.05, 4.69) is 17.6 Å². The fraction of sp³-hybridized carbons (Fsp3) is 0.579. The number of benzene rings is 1. The van der Waals surface area contributed by atoms with E-state index in [1.807, 2.05) is 24.8 Å². The zero-order valence-electron chi connectivity index (χ0n) is 15.2. The molecule has 0 radical (unpaired) electrons. The van der Waals surface area contributed by atoms with E-state index < -0.39 is 0 Å². The lowest BCUT2D eigenvalue weighted by molar-refractivity contribution is -0.124. The second-order valence-electron chi connectivity index (χ2n) is 6.92. The summed E-state index contributed by atoms with van der Waals surface area (Å²) in [7, 11) is 0. The number of carbonyl (C=O) groups excluding carboxylic acids is 1. The molecule has 6 heteroatoms. The highest BCUT2D eigenvalue weighted by molar-refractivity contribution is 7.80. The Balaban J connectivity index is 2.16. The Morgan fingerprint density at radius 3 is 2.80 bits per heavy atom. The summed E-state index contributed by atoms with van der Waals surface area (Å²) in [4.78, 5) is 14.7. The van der Waals surface area contributed by atoms with E-state index in [1.54, 1.807) is 6.07 Å². The lowest BCUT2D eigenvalue weighted by Crippen LogP contribution is -2.42. The third kappa shape index (κ3) is 5.39. The minimum absolute atomic E-state index is 0.0255. The van der Waals surface area contributed by atoms with E-state index >= 15 is 0 Å². The fourth-order valence-corrected chi connectivity index (χ4v) is 3.55. The van der Waals surface area contributed by atoms with Crippen molar-refractivity contribution in [3.8, 4) is 0 Å². The normalized spacial score (nSPS) is 20.0. The van der Waals surface area contributed by atoms with Crippen LogP contribution in [0, 0.1) is 11.7 Å². The Bertz CT molecular complexity index is 608. The predicted molar refractivity (Wildman–Crippen MR) is 103 cm³/mol. The minimum Gasteiger partial charge on any atom is -0.360 e. The molecule has 25 heavy (non-hydrogen) atoms. The number of carbonyl (C=O) groups is 1. The lowest BCUT2D eigenvalue weighted by Gasteiger charge is -2.22. The Morgan fingerprint density at radius 1 is 1.40 bits per heavy atom. The highest BCUT2D eigenvalue weighted by atomic mass is 32.1. The number of nitrogens with zero attached hydrogens (tertiary/aromatic N) is 1. The highest BCUT2D eigenvalue weighted by Crippen LogP contribution is 2.33. The molecule has 1 heterocycles. The van der Waals surface area contributed by atoms with Gasteiger partial charge in [-0.3, -0.25) is 4.79 Å². The van der Waals surface area contributed by atoms with Crippen molar-refractivity contribution in [2.45, 2.75) is 45.6 Å². The molecule has 1 aromatic rings. The summed E-state index contributed by atoms with van der Waals surface area (Å²) in [6, 6.07) is 6.78. The van der Waals surface area contributed by atoms with Gasteiger partial charge in [-0.1, -0.05) is 25.5 Å². The number of hydrogen-bond donors (Lipinski definition) is 2. The van der Waals surface area contributed by atoms with Crippen molar-refractivity contribution < 1.29 is 9.18 Å². The van der Waals surface area contributed by atoms with Crippen molar-refractivity contribution >= 4 is 23.2 Å². The molecule has 0 spiro atoms. The van der Waals surface area contributed by atoms with Crippen LogP contribution in [0.25, 0.3) is 0 Å². The Kier molecular flexibility index (Phi) is 7.17. The first kappa shape index (κ1) is 19.6. The molecule has 1 aromatic carbocycles. The van der Waals surface area contributed by atoms with Crippen molar-refractivity contribution in [2.75, 3.05) is 19.6 Å². The number of hydrogen-bond acceptors (Lipinski definition) is 2. The summed E-state index contributed by atoms with van der Waals surface area (Å²) in [5.74, 6) is -0.545. The summed E-state index contributed by atoms with van der Waals surface area (Å²) in [5, 5.41) is 6.90. The number of amides is 1. The van der Waals surface area contributed by atoms with Gasteiger partial charge in [-0.05, 0) is 50.2 Å². The minimum atomic E-state index is -0.274. The van der Waals surface area contributed by atoms with Gasteiger partial charge in [0.1, 0.15) is 5.82 Å². The molecule has 2 atom stereocenters. The largest absolute Gasteiger partial charge is 0.360 e. The van der Waals surface area contributed by atoms with Gasteiger partial charge >= 0.3 is 0 Å².